The molecule has 4 nitrogen and oxygen atoms in total. The summed E-state index contributed by atoms with van der Waals surface area (Å²) in [6, 6.07) is 4.33. The first-order chi connectivity index (χ1) is 7.47. The highest BCUT2D eigenvalue weighted by Gasteiger charge is 2.16. The molecule has 6 heteroatoms. The van der Waals surface area contributed by atoms with Gasteiger partial charge in [-0.1, -0.05) is 17.7 Å². The van der Waals surface area contributed by atoms with E-state index in [1.54, 1.807) is 12.1 Å². The molecule has 1 aromatic rings. The molecule has 0 unspecified atom stereocenters. The quantitative estimate of drug-likeness (QED) is 0.482. The fourth-order valence-electron chi connectivity index (χ4n) is 1.11. The molecule has 0 saturated heterocycles. The first kappa shape index (κ1) is 13.0. The van der Waals surface area contributed by atoms with E-state index in [2.05, 4.69) is 11.3 Å². The number of rotatable bonds is 5. The SMILES string of the molecule is C=CCCNS(=O)(=O)c1cc(Cl)ccc1N. The minimum Gasteiger partial charge on any atom is -0.398 e. The Morgan fingerprint density at radius 2 is 2.19 bits per heavy atom. The van der Waals surface area contributed by atoms with Gasteiger partial charge < -0.3 is 5.73 Å². The van der Waals surface area contributed by atoms with Crippen molar-refractivity contribution in [3.05, 3.63) is 35.9 Å². The van der Waals surface area contributed by atoms with E-state index in [4.69, 9.17) is 17.3 Å². The third-order valence-electron chi connectivity index (χ3n) is 1.91. The van der Waals surface area contributed by atoms with Gasteiger partial charge in [-0.05, 0) is 24.6 Å². The number of nitrogens with two attached hydrogens (primary N) is 1. The molecule has 0 bridgehead atoms. The summed E-state index contributed by atoms with van der Waals surface area (Å²) in [6.07, 6.45) is 2.18. The topological polar surface area (TPSA) is 72.2 Å². The van der Waals surface area contributed by atoms with Crippen LogP contribution in [0.2, 0.25) is 5.02 Å². The molecule has 0 aliphatic rings. The molecule has 0 aliphatic carbocycles. The lowest BCUT2D eigenvalue weighted by atomic mass is 10.3. The van der Waals surface area contributed by atoms with Crippen LogP contribution in [0.4, 0.5) is 5.69 Å². The number of sulfonamides is 1. The molecule has 0 atom stereocenters. The van der Waals surface area contributed by atoms with Gasteiger partial charge in [-0.3, -0.25) is 0 Å². The Kier molecular flexibility index (Phi) is 4.35. The van der Waals surface area contributed by atoms with Crippen molar-refractivity contribution in [3.8, 4) is 0 Å². The van der Waals surface area contributed by atoms with Crippen LogP contribution in [0.15, 0.2) is 35.7 Å². The monoisotopic (exact) mass is 260 g/mol. The lowest BCUT2D eigenvalue weighted by molar-refractivity contribution is 0.582. The van der Waals surface area contributed by atoms with Crippen molar-refractivity contribution < 1.29 is 8.42 Å². The first-order valence-corrected chi connectivity index (χ1v) is 6.49. The maximum absolute atomic E-state index is 11.8. The highest BCUT2D eigenvalue weighted by molar-refractivity contribution is 7.89. The second-order valence-corrected chi connectivity index (χ2v) is 5.33. The van der Waals surface area contributed by atoms with Gasteiger partial charge in [0.25, 0.3) is 0 Å². The Morgan fingerprint density at radius 1 is 1.50 bits per heavy atom. The largest absolute Gasteiger partial charge is 0.398 e. The normalized spacial score (nSPS) is 11.3. The van der Waals surface area contributed by atoms with Gasteiger partial charge in [0.1, 0.15) is 4.90 Å². The molecular formula is C10H13ClN2O2S. The minimum atomic E-state index is -3.59. The molecule has 88 valence electrons. The van der Waals surface area contributed by atoms with Gasteiger partial charge in [-0.15, -0.1) is 6.58 Å². The van der Waals surface area contributed by atoms with Crippen LogP contribution in [0.25, 0.3) is 0 Å². The van der Waals surface area contributed by atoms with Gasteiger partial charge >= 0.3 is 0 Å². The summed E-state index contributed by atoms with van der Waals surface area (Å²) in [6.45, 7) is 3.79. The lowest BCUT2D eigenvalue weighted by Gasteiger charge is -2.08. The van der Waals surface area contributed by atoms with Gasteiger partial charge in [0.15, 0.2) is 0 Å². The molecule has 0 heterocycles. The molecule has 0 fully saturated rings. The Balaban J connectivity index is 2.97. The summed E-state index contributed by atoms with van der Waals surface area (Å²) in [5.74, 6) is 0. The zero-order valence-electron chi connectivity index (χ0n) is 8.61. The number of hydrogen-bond acceptors (Lipinski definition) is 3. The molecule has 16 heavy (non-hydrogen) atoms. The maximum Gasteiger partial charge on any atom is 0.242 e. The second kappa shape index (κ2) is 5.34. The number of hydrogen-bond donors (Lipinski definition) is 2. The van der Waals surface area contributed by atoms with Crippen LogP contribution < -0.4 is 10.5 Å². The summed E-state index contributed by atoms with van der Waals surface area (Å²) in [5.41, 5.74) is 5.76. The van der Waals surface area contributed by atoms with Gasteiger partial charge in [-0.25, -0.2) is 13.1 Å². The Morgan fingerprint density at radius 3 is 2.81 bits per heavy atom. The van der Waals surface area contributed by atoms with E-state index in [-0.39, 0.29) is 17.1 Å². The summed E-state index contributed by atoms with van der Waals surface area (Å²) in [5, 5.41) is 0.332. The van der Waals surface area contributed by atoms with Crippen LogP contribution >= 0.6 is 11.6 Å². The van der Waals surface area contributed by atoms with Crippen molar-refractivity contribution in [2.24, 2.45) is 0 Å². The molecule has 0 saturated carbocycles. The van der Waals surface area contributed by atoms with Crippen LogP contribution in [0, 0.1) is 0 Å². The highest BCUT2D eigenvalue weighted by Crippen LogP contribution is 2.22. The van der Waals surface area contributed by atoms with E-state index in [0.29, 0.717) is 11.4 Å². The maximum atomic E-state index is 11.8. The van der Waals surface area contributed by atoms with Gasteiger partial charge in [0, 0.05) is 11.6 Å². The summed E-state index contributed by atoms with van der Waals surface area (Å²) in [7, 11) is -3.59. The fourth-order valence-corrected chi connectivity index (χ4v) is 2.55. The second-order valence-electron chi connectivity index (χ2n) is 3.16. The summed E-state index contributed by atoms with van der Waals surface area (Å²) < 4.78 is 26.0. The molecule has 0 radical (unpaired) electrons. The number of halogens is 1. The first-order valence-electron chi connectivity index (χ1n) is 4.63. The molecule has 0 aliphatic heterocycles. The zero-order valence-corrected chi connectivity index (χ0v) is 10.2. The van der Waals surface area contributed by atoms with Crippen molar-refractivity contribution in [2.75, 3.05) is 12.3 Å². The standard InChI is InChI=1S/C10H13ClN2O2S/c1-2-3-6-13-16(14,15)10-7-8(11)4-5-9(10)12/h2,4-5,7,13H,1,3,6,12H2. The average Bonchev–Trinajstić information content (AvgIpc) is 2.22. The van der Waals surface area contributed by atoms with Crippen LogP contribution in [0.1, 0.15) is 6.42 Å². The Labute approximate surface area is 100 Å². The van der Waals surface area contributed by atoms with Gasteiger partial charge in [0.05, 0.1) is 5.69 Å². The van der Waals surface area contributed by atoms with Crippen molar-refractivity contribution in [1.82, 2.24) is 4.72 Å². The lowest BCUT2D eigenvalue weighted by Crippen LogP contribution is -2.25. The number of benzene rings is 1. The van der Waals surface area contributed by atoms with E-state index in [9.17, 15) is 8.42 Å². The predicted octanol–water partition coefficient (Wildman–Crippen LogP) is 1.78. The molecule has 1 aromatic carbocycles. The summed E-state index contributed by atoms with van der Waals surface area (Å²) >= 11 is 5.72. The van der Waals surface area contributed by atoms with E-state index in [1.807, 2.05) is 0 Å². The predicted molar refractivity (Wildman–Crippen MR) is 65.9 cm³/mol. The molecule has 0 spiro atoms. The molecule has 1 rings (SSSR count). The van der Waals surface area contributed by atoms with E-state index in [0.717, 1.165) is 0 Å². The minimum absolute atomic E-state index is 0.00376. The summed E-state index contributed by atoms with van der Waals surface area (Å²) in [4.78, 5) is 0.00376. The number of nitrogens with one attached hydrogen (secondary N) is 1. The fraction of sp³-hybridized carbons (Fsp3) is 0.200. The van der Waals surface area contributed by atoms with Crippen molar-refractivity contribution >= 4 is 27.3 Å². The third kappa shape index (κ3) is 3.23. The number of nitrogen functional groups attached to an aromatic ring is 1. The number of anilines is 1. The molecule has 0 amide bonds. The Hall–Kier alpha value is -1.04. The highest BCUT2D eigenvalue weighted by atomic mass is 35.5. The van der Waals surface area contributed by atoms with Crippen LogP contribution in [0.5, 0.6) is 0 Å². The third-order valence-corrected chi connectivity index (χ3v) is 3.66. The Bertz CT molecular complexity index is 486. The van der Waals surface area contributed by atoms with Crippen LogP contribution in [-0.4, -0.2) is 15.0 Å². The van der Waals surface area contributed by atoms with E-state index >= 15 is 0 Å². The van der Waals surface area contributed by atoms with Crippen molar-refractivity contribution in [3.63, 3.8) is 0 Å². The molecule has 3 N–H and O–H groups in total. The molecule has 0 aromatic heterocycles. The van der Waals surface area contributed by atoms with Crippen molar-refractivity contribution in [1.29, 1.82) is 0 Å². The van der Waals surface area contributed by atoms with Gasteiger partial charge in [-0.2, -0.15) is 0 Å². The van der Waals surface area contributed by atoms with Crippen molar-refractivity contribution in [2.45, 2.75) is 11.3 Å². The van der Waals surface area contributed by atoms with E-state index < -0.39 is 10.0 Å². The zero-order chi connectivity index (χ0) is 12.2. The smallest absolute Gasteiger partial charge is 0.242 e. The molecular weight excluding hydrogens is 248 g/mol. The van der Waals surface area contributed by atoms with E-state index in [1.165, 1.54) is 12.1 Å². The van der Waals surface area contributed by atoms with Crippen LogP contribution in [-0.2, 0) is 10.0 Å². The van der Waals surface area contributed by atoms with Gasteiger partial charge in [0.2, 0.25) is 10.0 Å². The van der Waals surface area contributed by atoms with Crippen LogP contribution in [0.3, 0.4) is 0 Å². The average molecular weight is 261 g/mol.